The molecule has 1 fully saturated rings. The van der Waals surface area contributed by atoms with Crippen LogP contribution in [-0.2, 0) is 17.8 Å². The summed E-state index contributed by atoms with van der Waals surface area (Å²) in [6, 6.07) is 7.63. The summed E-state index contributed by atoms with van der Waals surface area (Å²) in [6.07, 6.45) is 3.04. The molecule has 3 aromatic rings. The van der Waals surface area contributed by atoms with Crippen molar-refractivity contribution in [1.82, 2.24) is 25.0 Å². The van der Waals surface area contributed by atoms with Crippen LogP contribution >= 0.6 is 0 Å². The van der Waals surface area contributed by atoms with E-state index in [-0.39, 0.29) is 18.5 Å². The van der Waals surface area contributed by atoms with Gasteiger partial charge in [-0.3, -0.25) is 4.79 Å². The smallest absolute Gasteiger partial charge is 0.248 e. The molecule has 27 heavy (non-hydrogen) atoms. The maximum absolute atomic E-state index is 12.7. The zero-order valence-electron chi connectivity index (χ0n) is 16.0. The van der Waals surface area contributed by atoms with Crippen molar-refractivity contribution in [2.75, 3.05) is 0 Å². The lowest BCUT2D eigenvalue weighted by Crippen LogP contribution is -2.30. The lowest BCUT2D eigenvalue weighted by molar-refractivity contribution is -0.122. The number of rotatable bonds is 7. The average molecular weight is 367 g/mol. The number of nitrogens with zero attached hydrogens (tertiary/aromatic N) is 4. The molecule has 2 aromatic heterocycles. The van der Waals surface area contributed by atoms with Crippen LogP contribution in [0.15, 0.2) is 28.8 Å². The Bertz CT molecular complexity index is 954. The van der Waals surface area contributed by atoms with Gasteiger partial charge in [-0.15, -0.1) is 0 Å². The number of aromatic nitrogens is 4. The van der Waals surface area contributed by atoms with E-state index in [0.717, 1.165) is 36.1 Å². The highest BCUT2D eigenvalue weighted by Crippen LogP contribution is 2.40. The molecule has 7 heteroatoms. The Kier molecular flexibility index (Phi) is 4.68. The molecular formula is C20H25N5O2. The van der Waals surface area contributed by atoms with E-state index in [2.05, 4.69) is 29.3 Å². The molecule has 1 aromatic carbocycles. The Labute approximate surface area is 158 Å². The second kappa shape index (κ2) is 7.13. The predicted molar refractivity (Wildman–Crippen MR) is 101 cm³/mol. The summed E-state index contributed by atoms with van der Waals surface area (Å²) in [5.41, 5.74) is 1.94. The first-order chi connectivity index (χ1) is 13.0. The monoisotopic (exact) mass is 367 g/mol. The third-order valence-corrected chi connectivity index (χ3v) is 4.75. The summed E-state index contributed by atoms with van der Waals surface area (Å²) in [5.74, 6) is 2.97. The fourth-order valence-electron chi connectivity index (χ4n) is 3.30. The van der Waals surface area contributed by atoms with Gasteiger partial charge in [-0.1, -0.05) is 31.1 Å². The Morgan fingerprint density at radius 3 is 2.78 bits per heavy atom. The van der Waals surface area contributed by atoms with Crippen LogP contribution in [-0.4, -0.2) is 25.6 Å². The minimum absolute atomic E-state index is 0.0869. The molecule has 1 atom stereocenters. The Hall–Kier alpha value is -2.70. The molecule has 7 nitrogen and oxygen atoms in total. The molecule has 2 heterocycles. The van der Waals surface area contributed by atoms with Crippen molar-refractivity contribution >= 4 is 16.9 Å². The number of imidazole rings is 1. The number of amides is 1. The summed E-state index contributed by atoms with van der Waals surface area (Å²) in [5, 5.41) is 6.96. The molecule has 0 saturated heterocycles. The summed E-state index contributed by atoms with van der Waals surface area (Å²) in [4.78, 5) is 21.8. The third-order valence-electron chi connectivity index (χ3n) is 4.75. The van der Waals surface area contributed by atoms with E-state index in [9.17, 15) is 4.79 Å². The minimum Gasteiger partial charge on any atom is -0.343 e. The molecule has 0 radical (unpaired) electrons. The summed E-state index contributed by atoms with van der Waals surface area (Å²) >= 11 is 0. The van der Waals surface area contributed by atoms with Gasteiger partial charge >= 0.3 is 0 Å². The summed E-state index contributed by atoms with van der Waals surface area (Å²) in [6.45, 7) is 6.31. The normalized spacial score (nSPS) is 15.4. The third kappa shape index (κ3) is 3.86. The molecule has 1 saturated carbocycles. The van der Waals surface area contributed by atoms with E-state index < -0.39 is 0 Å². The van der Waals surface area contributed by atoms with Crippen molar-refractivity contribution in [1.29, 1.82) is 0 Å². The van der Waals surface area contributed by atoms with Gasteiger partial charge in [0.1, 0.15) is 18.4 Å². The van der Waals surface area contributed by atoms with Gasteiger partial charge in [0.05, 0.1) is 11.0 Å². The first kappa shape index (κ1) is 17.7. The summed E-state index contributed by atoms with van der Waals surface area (Å²) < 4.78 is 7.35. The van der Waals surface area contributed by atoms with Crippen molar-refractivity contribution < 1.29 is 9.32 Å². The molecule has 4 rings (SSSR count). The fraction of sp³-hybridized carbons (Fsp3) is 0.500. The molecule has 1 amide bonds. The largest absolute Gasteiger partial charge is 0.343 e. The van der Waals surface area contributed by atoms with Crippen LogP contribution in [0.3, 0.4) is 0 Å². The Morgan fingerprint density at radius 1 is 1.26 bits per heavy atom. The van der Waals surface area contributed by atoms with Crippen molar-refractivity contribution in [3.63, 3.8) is 0 Å². The SMILES string of the molecule is CC(C)Cc1noc([C@@H](C)NC(=O)Cn2c(C3CC3)nc3ccccc32)n1. The molecule has 142 valence electrons. The number of fused-ring (bicyclic) bond motifs is 1. The zero-order chi connectivity index (χ0) is 19.0. The van der Waals surface area contributed by atoms with Gasteiger partial charge < -0.3 is 14.4 Å². The second-order valence-electron chi connectivity index (χ2n) is 7.76. The highest BCUT2D eigenvalue weighted by Gasteiger charge is 2.30. The van der Waals surface area contributed by atoms with Crippen LogP contribution in [0.25, 0.3) is 11.0 Å². The van der Waals surface area contributed by atoms with E-state index in [1.54, 1.807) is 0 Å². The first-order valence-electron chi connectivity index (χ1n) is 9.58. The molecule has 0 aliphatic heterocycles. The van der Waals surface area contributed by atoms with Crippen LogP contribution in [0.4, 0.5) is 0 Å². The number of hydrogen-bond donors (Lipinski definition) is 1. The average Bonchev–Trinajstić information content (AvgIpc) is 3.26. The van der Waals surface area contributed by atoms with Crippen LogP contribution in [0.2, 0.25) is 0 Å². The summed E-state index contributed by atoms with van der Waals surface area (Å²) in [7, 11) is 0. The van der Waals surface area contributed by atoms with E-state index >= 15 is 0 Å². The maximum atomic E-state index is 12.7. The topological polar surface area (TPSA) is 85.8 Å². The van der Waals surface area contributed by atoms with Crippen LogP contribution in [0.1, 0.15) is 63.1 Å². The molecule has 0 spiro atoms. The number of carbonyl (C=O) groups is 1. The van der Waals surface area contributed by atoms with Gasteiger partial charge in [-0.2, -0.15) is 4.98 Å². The molecule has 1 aliphatic carbocycles. The first-order valence-corrected chi connectivity index (χ1v) is 9.58. The van der Waals surface area contributed by atoms with Gasteiger partial charge in [0.15, 0.2) is 5.82 Å². The molecule has 1 aliphatic rings. The lowest BCUT2D eigenvalue weighted by Gasteiger charge is -2.12. The fourth-order valence-corrected chi connectivity index (χ4v) is 3.30. The highest BCUT2D eigenvalue weighted by molar-refractivity contribution is 5.81. The molecule has 1 N–H and O–H groups in total. The van der Waals surface area contributed by atoms with Crippen molar-refractivity contribution in [3.8, 4) is 0 Å². The van der Waals surface area contributed by atoms with Gasteiger partial charge in [-0.05, 0) is 37.8 Å². The van der Waals surface area contributed by atoms with Crippen LogP contribution < -0.4 is 5.32 Å². The lowest BCUT2D eigenvalue weighted by atomic mass is 10.1. The number of para-hydroxylation sites is 2. The van der Waals surface area contributed by atoms with E-state index in [0.29, 0.717) is 23.6 Å². The number of hydrogen-bond acceptors (Lipinski definition) is 5. The number of carbonyl (C=O) groups excluding carboxylic acids is 1. The van der Waals surface area contributed by atoms with E-state index in [1.165, 1.54) is 0 Å². The van der Waals surface area contributed by atoms with Crippen molar-refractivity contribution in [3.05, 3.63) is 41.8 Å². The van der Waals surface area contributed by atoms with E-state index in [4.69, 9.17) is 9.51 Å². The van der Waals surface area contributed by atoms with Gasteiger partial charge in [0.25, 0.3) is 0 Å². The van der Waals surface area contributed by atoms with Gasteiger partial charge in [-0.25, -0.2) is 4.98 Å². The van der Waals surface area contributed by atoms with Gasteiger partial charge in [0, 0.05) is 12.3 Å². The molecular weight excluding hydrogens is 342 g/mol. The zero-order valence-corrected chi connectivity index (χ0v) is 16.0. The Morgan fingerprint density at radius 2 is 2.04 bits per heavy atom. The minimum atomic E-state index is -0.329. The van der Waals surface area contributed by atoms with Crippen molar-refractivity contribution in [2.45, 2.75) is 58.5 Å². The second-order valence-corrected chi connectivity index (χ2v) is 7.76. The molecule has 0 bridgehead atoms. The van der Waals surface area contributed by atoms with Crippen molar-refractivity contribution in [2.24, 2.45) is 5.92 Å². The standard InChI is InChI=1S/C20H25N5O2/c1-12(2)10-17-23-20(27-24-17)13(3)21-18(26)11-25-16-7-5-4-6-15(16)22-19(25)14-8-9-14/h4-7,12-14H,8-11H2,1-3H3,(H,21,26)/t13-/m1/s1. The predicted octanol–water partition coefficient (Wildman–Crippen LogP) is 3.37. The van der Waals surface area contributed by atoms with Crippen LogP contribution in [0, 0.1) is 5.92 Å². The quantitative estimate of drug-likeness (QED) is 0.692. The maximum Gasteiger partial charge on any atom is 0.248 e. The van der Waals surface area contributed by atoms with Crippen LogP contribution in [0.5, 0.6) is 0 Å². The highest BCUT2D eigenvalue weighted by atomic mass is 16.5. The van der Waals surface area contributed by atoms with Gasteiger partial charge in [0.2, 0.25) is 11.8 Å². The number of benzene rings is 1. The molecule has 0 unspecified atom stereocenters. The van der Waals surface area contributed by atoms with E-state index in [1.807, 2.05) is 35.8 Å². The number of nitrogens with one attached hydrogen (secondary N) is 1. The Balaban J connectivity index is 1.47.